The number of ether oxygens (including phenoxy) is 1. The fraction of sp³-hybridized carbons (Fsp3) is 1.00. The summed E-state index contributed by atoms with van der Waals surface area (Å²) in [5.74, 6) is 8.13. The SMILES string of the molecule is CCC1OCCC1C(NN)C1CCC(C)CC1. The van der Waals surface area contributed by atoms with E-state index in [9.17, 15) is 0 Å². The topological polar surface area (TPSA) is 47.3 Å². The molecule has 1 aliphatic heterocycles. The molecule has 1 saturated heterocycles. The molecule has 1 heterocycles. The first-order valence-electron chi connectivity index (χ1n) is 7.34. The monoisotopic (exact) mass is 240 g/mol. The Balaban J connectivity index is 1.95. The van der Waals surface area contributed by atoms with Gasteiger partial charge in [0.05, 0.1) is 6.10 Å². The second-order valence-corrected chi connectivity index (χ2v) is 5.98. The molecule has 0 aromatic carbocycles. The van der Waals surface area contributed by atoms with Gasteiger partial charge >= 0.3 is 0 Å². The third-order valence-electron chi connectivity index (χ3n) is 4.89. The largest absolute Gasteiger partial charge is 0.378 e. The summed E-state index contributed by atoms with van der Waals surface area (Å²) in [6.07, 6.45) is 8.13. The minimum atomic E-state index is 0.426. The molecule has 0 amide bonds. The Morgan fingerprint density at radius 2 is 1.94 bits per heavy atom. The van der Waals surface area contributed by atoms with Crippen LogP contribution in [0, 0.1) is 17.8 Å². The summed E-state index contributed by atoms with van der Waals surface area (Å²) in [5.41, 5.74) is 3.11. The van der Waals surface area contributed by atoms with E-state index in [1.54, 1.807) is 0 Å². The van der Waals surface area contributed by atoms with E-state index < -0.39 is 0 Å². The molecule has 3 atom stereocenters. The maximum absolute atomic E-state index is 5.83. The minimum absolute atomic E-state index is 0.426. The van der Waals surface area contributed by atoms with Crippen molar-refractivity contribution in [3.05, 3.63) is 0 Å². The normalized spacial score (nSPS) is 40.4. The molecule has 0 radical (unpaired) electrons. The molecular weight excluding hydrogens is 212 g/mol. The van der Waals surface area contributed by atoms with Gasteiger partial charge in [-0.3, -0.25) is 11.3 Å². The average Bonchev–Trinajstić information content (AvgIpc) is 2.81. The third-order valence-corrected chi connectivity index (χ3v) is 4.89. The zero-order valence-electron chi connectivity index (χ0n) is 11.3. The van der Waals surface area contributed by atoms with Gasteiger partial charge in [0.2, 0.25) is 0 Å². The van der Waals surface area contributed by atoms with Crippen LogP contribution in [0.5, 0.6) is 0 Å². The van der Waals surface area contributed by atoms with Crippen molar-refractivity contribution in [3.8, 4) is 0 Å². The number of hydrogen-bond acceptors (Lipinski definition) is 3. The molecule has 0 spiro atoms. The maximum Gasteiger partial charge on any atom is 0.0617 e. The van der Waals surface area contributed by atoms with E-state index in [0.29, 0.717) is 18.1 Å². The van der Waals surface area contributed by atoms with Crippen LogP contribution < -0.4 is 11.3 Å². The summed E-state index contributed by atoms with van der Waals surface area (Å²) < 4.78 is 5.81. The van der Waals surface area contributed by atoms with Gasteiger partial charge in [0.15, 0.2) is 0 Å². The van der Waals surface area contributed by atoms with Crippen LogP contribution in [0.1, 0.15) is 52.4 Å². The van der Waals surface area contributed by atoms with E-state index in [4.69, 9.17) is 10.6 Å². The summed E-state index contributed by atoms with van der Waals surface area (Å²) in [5, 5.41) is 0. The highest BCUT2D eigenvalue weighted by molar-refractivity contribution is 4.90. The zero-order valence-corrected chi connectivity index (χ0v) is 11.3. The molecular formula is C14H28N2O. The van der Waals surface area contributed by atoms with Crippen LogP contribution >= 0.6 is 0 Å². The third kappa shape index (κ3) is 3.01. The van der Waals surface area contributed by atoms with Crippen molar-refractivity contribution in [2.75, 3.05) is 6.61 Å². The molecule has 1 aliphatic carbocycles. The number of rotatable bonds is 4. The molecule has 2 rings (SSSR count). The van der Waals surface area contributed by atoms with Gasteiger partial charge in [0, 0.05) is 18.6 Å². The Morgan fingerprint density at radius 1 is 1.24 bits per heavy atom. The van der Waals surface area contributed by atoms with Crippen molar-refractivity contribution in [3.63, 3.8) is 0 Å². The van der Waals surface area contributed by atoms with Crippen LogP contribution in [0.2, 0.25) is 0 Å². The first kappa shape index (κ1) is 13.3. The number of hydrogen-bond donors (Lipinski definition) is 2. The zero-order chi connectivity index (χ0) is 12.3. The minimum Gasteiger partial charge on any atom is -0.378 e. The van der Waals surface area contributed by atoms with Crippen molar-refractivity contribution in [1.82, 2.24) is 5.43 Å². The highest BCUT2D eigenvalue weighted by Gasteiger charge is 2.38. The fourth-order valence-electron chi connectivity index (χ4n) is 3.75. The van der Waals surface area contributed by atoms with Crippen LogP contribution in [0.3, 0.4) is 0 Å². The Kier molecular flexibility index (Phi) is 4.83. The molecule has 0 aromatic heterocycles. The molecule has 0 aromatic rings. The smallest absolute Gasteiger partial charge is 0.0617 e. The number of nitrogens with two attached hydrogens (primary N) is 1. The Labute approximate surface area is 105 Å². The molecule has 3 heteroatoms. The van der Waals surface area contributed by atoms with Crippen molar-refractivity contribution in [2.24, 2.45) is 23.6 Å². The van der Waals surface area contributed by atoms with Crippen LogP contribution in [0.25, 0.3) is 0 Å². The highest BCUT2D eigenvalue weighted by Crippen LogP contribution is 2.37. The van der Waals surface area contributed by atoms with E-state index in [-0.39, 0.29) is 0 Å². The standard InChI is InChI=1S/C14H28N2O/c1-3-13-12(8-9-17-13)14(16-15)11-6-4-10(2)5-7-11/h10-14,16H,3-9,15H2,1-2H3. The van der Waals surface area contributed by atoms with Gasteiger partial charge in [0.1, 0.15) is 0 Å². The molecule has 17 heavy (non-hydrogen) atoms. The van der Waals surface area contributed by atoms with Crippen LogP contribution in [-0.2, 0) is 4.74 Å². The van der Waals surface area contributed by atoms with Crippen LogP contribution in [0.15, 0.2) is 0 Å². The molecule has 3 N–H and O–H groups in total. The lowest BCUT2D eigenvalue weighted by atomic mass is 9.74. The van der Waals surface area contributed by atoms with E-state index in [2.05, 4.69) is 19.3 Å². The average molecular weight is 240 g/mol. The summed E-state index contributed by atoms with van der Waals surface area (Å²) in [6.45, 7) is 5.51. The number of nitrogens with one attached hydrogen (secondary N) is 1. The molecule has 0 bridgehead atoms. The van der Waals surface area contributed by atoms with Gasteiger partial charge in [-0.25, -0.2) is 0 Å². The molecule has 3 unspecified atom stereocenters. The van der Waals surface area contributed by atoms with Gasteiger partial charge in [-0.1, -0.05) is 26.7 Å². The van der Waals surface area contributed by atoms with Gasteiger partial charge in [-0.15, -0.1) is 0 Å². The van der Waals surface area contributed by atoms with Crippen LogP contribution in [0.4, 0.5) is 0 Å². The van der Waals surface area contributed by atoms with Crippen molar-refractivity contribution < 1.29 is 4.74 Å². The van der Waals surface area contributed by atoms with Crippen molar-refractivity contribution in [2.45, 2.75) is 64.5 Å². The summed E-state index contributed by atoms with van der Waals surface area (Å²) in [7, 11) is 0. The summed E-state index contributed by atoms with van der Waals surface area (Å²) >= 11 is 0. The number of hydrazine groups is 1. The quantitative estimate of drug-likeness (QED) is 0.586. The van der Waals surface area contributed by atoms with Gasteiger partial charge in [-0.2, -0.15) is 0 Å². The predicted octanol–water partition coefficient (Wildman–Crippen LogP) is 2.46. The van der Waals surface area contributed by atoms with E-state index >= 15 is 0 Å². The first-order valence-corrected chi connectivity index (χ1v) is 7.34. The van der Waals surface area contributed by atoms with Gasteiger partial charge < -0.3 is 4.74 Å². The lowest BCUT2D eigenvalue weighted by molar-refractivity contribution is 0.0630. The second-order valence-electron chi connectivity index (χ2n) is 5.98. The Hall–Kier alpha value is -0.120. The molecule has 100 valence electrons. The maximum atomic E-state index is 5.83. The van der Waals surface area contributed by atoms with Gasteiger partial charge in [-0.05, 0) is 37.5 Å². The second kappa shape index (κ2) is 6.17. The van der Waals surface area contributed by atoms with Gasteiger partial charge in [0.25, 0.3) is 0 Å². The predicted molar refractivity (Wildman–Crippen MR) is 70.4 cm³/mol. The van der Waals surface area contributed by atoms with E-state index in [1.165, 1.54) is 32.1 Å². The molecule has 3 nitrogen and oxygen atoms in total. The summed E-state index contributed by atoms with van der Waals surface area (Å²) in [6, 6.07) is 0.468. The highest BCUT2D eigenvalue weighted by atomic mass is 16.5. The van der Waals surface area contributed by atoms with Crippen LogP contribution in [-0.4, -0.2) is 18.8 Å². The lowest BCUT2D eigenvalue weighted by Gasteiger charge is -2.37. The summed E-state index contributed by atoms with van der Waals surface area (Å²) in [4.78, 5) is 0. The van der Waals surface area contributed by atoms with Crippen molar-refractivity contribution in [1.29, 1.82) is 0 Å². The Bertz CT molecular complexity index is 226. The molecule has 2 fully saturated rings. The lowest BCUT2D eigenvalue weighted by Crippen LogP contribution is -2.49. The van der Waals surface area contributed by atoms with E-state index in [0.717, 1.165) is 24.9 Å². The first-order chi connectivity index (χ1) is 8.26. The Morgan fingerprint density at radius 3 is 2.53 bits per heavy atom. The molecule has 1 saturated carbocycles. The van der Waals surface area contributed by atoms with Crippen molar-refractivity contribution >= 4 is 0 Å². The fourth-order valence-corrected chi connectivity index (χ4v) is 3.75. The molecule has 2 aliphatic rings. The van der Waals surface area contributed by atoms with E-state index in [1.807, 2.05) is 0 Å².